The Bertz CT molecular complexity index is 1090. The first-order chi connectivity index (χ1) is 13.1. The Hall–Kier alpha value is -3.74. The highest BCUT2D eigenvalue weighted by atomic mass is 16.2. The number of benzene rings is 2. The zero-order valence-electron chi connectivity index (χ0n) is 14.3. The molecule has 0 spiro atoms. The van der Waals surface area contributed by atoms with Gasteiger partial charge in [0.15, 0.2) is 0 Å². The maximum atomic E-state index is 12.6. The fourth-order valence-electron chi connectivity index (χ4n) is 2.94. The quantitative estimate of drug-likeness (QED) is 0.750. The lowest BCUT2D eigenvalue weighted by molar-refractivity contribution is -0.116. The molecule has 0 atom stereocenters. The van der Waals surface area contributed by atoms with Crippen LogP contribution in [0.5, 0.6) is 0 Å². The van der Waals surface area contributed by atoms with Crippen LogP contribution < -0.4 is 16.2 Å². The number of nitrogens with zero attached hydrogens (tertiary/aromatic N) is 2. The third-order valence-electron chi connectivity index (χ3n) is 4.29. The summed E-state index contributed by atoms with van der Waals surface area (Å²) >= 11 is 0. The zero-order chi connectivity index (χ0) is 18.8. The van der Waals surface area contributed by atoms with Gasteiger partial charge in [0.1, 0.15) is 5.69 Å². The van der Waals surface area contributed by atoms with Crippen molar-refractivity contribution < 1.29 is 9.59 Å². The molecule has 0 saturated heterocycles. The molecule has 0 saturated carbocycles. The molecule has 7 heteroatoms. The molecule has 0 fully saturated rings. The maximum Gasteiger partial charge on any atom is 0.276 e. The molecule has 2 N–H and O–H groups in total. The third-order valence-corrected chi connectivity index (χ3v) is 4.29. The number of aryl methyl sites for hydroxylation is 1. The van der Waals surface area contributed by atoms with E-state index in [9.17, 15) is 14.4 Å². The smallest absolute Gasteiger partial charge is 0.276 e. The molecule has 1 aliphatic heterocycles. The standard InChI is InChI=1S/C20H16N4O3/c25-18-10-6-13-12-14(7-8-16(13)22-18)21-20(27)17-9-11-19(26)24(23-17)15-4-2-1-3-5-15/h1-5,7-9,11-12H,6,10H2,(H,21,27)(H,22,25). The molecule has 27 heavy (non-hydrogen) atoms. The van der Waals surface area contributed by atoms with Gasteiger partial charge >= 0.3 is 0 Å². The number of nitrogens with one attached hydrogen (secondary N) is 2. The number of carbonyl (C=O) groups is 2. The maximum absolute atomic E-state index is 12.6. The SMILES string of the molecule is O=C1CCc2cc(NC(=O)c3ccc(=O)n(-c4ccccc4)n3)ccc2N1. The summed E-state index contributed by atoms with van der Waals surface area (Å²) in [5.74, 6) is -0.425. The first kappa shape index (κ1) is 16.7. The lowest BCUT2D eigenvalue weighted by Crippen LogP contribution is -2.25. The molecule has 2 aromatic carbocycles. The van der Waals surface area contributed by atoms with E-state index >= 15 is 0 Å². The second kappa shape index (κ2) is 6.87. The number of anilines is 2. The minimum Gasteiger partial charge on any atom is -0.326 e. The highest BCUT2D eigenvalue weighted by Gasteiger charge is 2.16. The van der Waals surface area contributed by atoms with E-state index < -0.39 is 5.91 Å². The summed E-state index contributed by atoms with van der Waals surface area (Å²) in [5.41, 5.74) is 2.73. The van der Waals surface area contributed by atoms with E-state index in [1.54, 1.807) is 36.4 Å². The Morgan fingerprint density at radius 2 is 1.81 bits per heavy atom. The predicted molar refractivity (Wildman–Crippen MR) is 101 cm³/mol. The van der Waals surface area contributed by atoms with E-state index in [-0.39, 0.29) is 17.2 Å². The van der Waals surface area contributed by atoms with Gasteiger partial charge < -0.3 is 10.6 Å². The second-order valence-electron chi connectivity index (χ2n) is 6.18. The fourth-order valence-corrected chi connectivity index (χ4v) is 2.94. The third kappa shape index (κ3) is 3.48. The molecule has 0 radical (unpaired) electrons. The van der Waals surface area contributed by atoms with Crippen molar-refractivity contribution in [1.82, 2.24) is 9.78 Å². The van der Waals surface area contributed by atoms with Crippen molar-refractivity contribution in [3.05, 3.63) is 82.3 Å². The van der Waals surface area contributed by atoms with Crippen LogP contribution >= 0.6 is 0 Å². The van der Waals surface area contributed by atoms with Crippen molar-refractivity contribution in [2.75, 3.05) is 10.6 Å². The Morgan fingerprint density at radius 1 is 1.00 bits per heavy atom. The van der Waals surface area contributed by atoms with Crippen LogP contribution in [0.25, 0.3) is 5.69 Å². The number of para-hydroxylation sites is 1. The van der Waals surface area contributed by atoms with Gasteiger partial charge in [-0.25, -0.2) is 0 Å². The number of amides is 2. The number of rotatable bonds is 3. The van der Waals surface area contributed by atoms with Gasteiger partial charge in [-0.15, -0.1) is 0 Å². The molecule has 1 aliphatic rings. The highest BCUT2D eigenvalue weighted by molar-refractivity contribution is 6.03. The minimum absolute atomic E-state index is 0.00773. The Morgan fingerprint density at radius 3 is 2.63 bits per heavy atom. The summed E-state index contributed by atoms with van der Waals surface area (Å²) in [6.07, 6.45) is 1.05. The van der Waals surface area contributed by atoms with Crippen molar-refractivity contribution >= 4 is 23.2 Å². The van der Waals surface area contributed by atoms with Gasteiger partial charge in [0.25, 0.3) is 11.5 Å². The first-order valence-electron chi connectivity index (χ1n) is 8.50. The number of hydrogen-bond donors (Lipinski definition) is 2. The Kier molecular flexibility index (Phi) is 4.25. The molecule has 2 heterocycles. The normalized spacial score (nSPS) is 12.8. The molecule has 2 amide bonds. The van der Waals surface area contributed by atoms with E-state index in [1.165, 1.54) is 16.8 Å². The highest BCUT2D eigenvalue weighted by Crippen LogP contribution is 2.25. The average Bonchev–Trinajstić information content (AvgIpc) is 2.69. The molecule has 0 unspecified atom stereocenters. The molecule has 7 nitrogen and oxygen atoms in total. The second-order valence-corrected chi connectivity index (χ2v) is 6.18. The fraction of sp³-hybridized carbons (Fsp3) is 0.100. The largest absolute Gasteiger partial charge is 0.326 e. The molecule has 1 aromatic heterocycles. The molecule has 0 bridgehead atoms. The number of carbonyl (C=O) groups excluding carboxylic acids is 2. The van der Waals surface area contributed by atoms with E-state index in [0.29, 0.717) is 24.2 Å². The van der Waals surface area contributed by atoms with Crippen LogP contribution in [0.2, 0.25) is 0 Å². The van der Waals surface area contributed by atoms with Crippen molar-refractivity contribution in [1.29, 1.82) is 0 Å². The Balaban J connectivity index is 1.59. The van der Waals surface area contributed by atoms with E-state index in [1.807, 2.05) is 12.1 Å². The minimum atomic E-state index is -0.417. The summed E-state index contributed by atoms with van der Waals surface area (Å²) in [6, 6.07) is 16.9. The monoisotopic (exact) mass is 360 g/mol. The molecule has 0 aliphatic carbocycles. The van der Waals surface area contributed by atoms with E-state index in [2.05, 4.69) is 15.7 Å². The van der Waals surface area contributed by atoms with Crippen LogP contribution in [0.15, 0.2) is 65.5 Å². The summed E-state index contributed by atoms with van der Waals surface area (Å²) in [7, 11) is 0. The van der Waals surface area contributed by atoms with Crippen molar-refractivity contribution in [2.24, 2.45) is 0 Å². The van der Waals surface area contributed by atoms with Gasteiger partial charge in [-0.1, -0.05) is 18.2 Å². The molecule has 3 aromatic rings. The molecular formula is C20H16N4O3. The first-order valence-corrected chi connectivity index (χ1v) is 8.50. The van der Waals surface area contributed by atoms with Crippen molar-refractivity contribution in [2.45, 2.75) is 12.8 Å². The van der Waals surface area contributed by atoms with Crippen LogP contribution in [-0.4, -0.2) is 21.6 Å². The average molecular weight is 360 g/mol. The lowest BCUT2D eigenvalue weighted by Gasteiger charge is -2.17. The molecule has 4 rings (SSSR count). The molecular weight excluding hydrogens is 344 g/mol. The number of fused-ring (bicyclic) bond motifs is 1. The van der Waals surface area contributed by atoms with Crippen LogP contribution in [0.1, 0.15) is 22.5 Å². The zero-order valence-corrected chi connectivity index (χ0v) is 14.3. The molecule has 134 valence electrons. The van der Waals surface area contributed by atoms with Gasteiger partial charge in [-0.3, -0.25) is 14.4 Å². The van der Waals surface area contributed by atoms with Gasteiger partial charge in [-0.2, -0.15) is 9.78 Å². The lowest BCUT2D eigenvalue weighted by atomic mass is 10.0. The van der Waals surface area contributed by atoms with Gasteiger partial charge in [0, 0.05) is 23.9 Å². The van der Waals surface area contributed by atoms with E-state index in [0.717, 1.165) is 11.3 Å². The summed E-state index contributed by atoms with van der Waals surface area (Å²) in [6.45, 7) is 0. The van der Waals surface area contributed by atoms with Crippen LogP contribution in [0.3, 0.4) is 0 Å². The van der Waals surface area contributed by atoms with E-state index in [4.69, 9.17) is 0 Å². The van der Waals surface area contributed by atoms with Gasteiger partial charge in [0.2, 0.25) is 5.91 Å². The summed E-state index contributed by atoms with van der Waals surface area (Å²) in [4.78, 5) is 36.1. The number of aromatic nitrogens is 2. The summed E-state index contributed by atoms with van der Waals surface area (Å²) < 4.78 is 1.19. The van der Waals surface area contributed by atoms with Crippen molar-refractivity contribution in [3.63, 3.8) is 0 Å². The van der Waals surface area contributed by atoms with Crippen LogP contribution in [0.4, 0.5) is 11.4 Å². The number of hydrogen-bond acceptors (Lipinski definition) is 4. The van der Waals surface area contributed by atoms with Crippen LogP contribution in [0, 0.1) is 0 Å². The van der Waals surface area contributed by atoms with Crippen molar-refractivity contribution in [3.8, 4) is 5.69 Å². The van der Waals surface area contributed by atoms with Gasteiger partial charge in [0.05, 0.1) is 5.69 Å². The predicted octanol–water partition coefficient (Wildman–Crippen LogP) is 2.37. The topological polar surface area (TPSA) is 93.1 Å². The van der Waals surface area contributed by atoms with Gasteiger partial charge in [-0.05, 0) is 48.4 Å². The van der Waals surface area contributed by atoms with Crippen LogP contribution in [-0.2, 0) is 11.2 Å². The Labute approximate surface area is 154 Å². The summed E-state index contributed by atoms with van der Waals surface area (Å²) in [5, 5.41) is 9.76.